The summed E-state index contributed by atoms with van der Waals surface area (Å²) in [5.41, 5.74) is -1.01. The van der Waals surface area contributed by atoms with Gasteiger partial charge < -0.3 is 0 Å². The molecule has 0 N–H and O–H groups in total. The second-order valence-corrected chi connectivity index (χ2v) is 5.82. The fraction of sp³-hybridized carbons (Fsp3) is 0.769. The van der Waals surface area contributed by atoms with Crippen LogP contribution in [0.4, 0.5) is 0 Å². The Balaban J connectivity index is 3.20. The number of aliphatic imine (C=N–C) groups is 3. The van der Waals surface area contributed by atoms with Gasteiger partial charge in [0.1, 0.15) is 0 Å². The molecular weight excluding hydrogens is 246 g/mol. The van der Waals surface area contributed by atoms with Crippen LogP contribution in [0.15, 0.2) is 15.0 Å². The van der Waals surface area contributed by atoms with Crippen molar-refractivity contribution in [3.8, 4) is 0 Å². The number of isocyanates is 3. The maximum absolute atomic E-state index is 10.7. The van der Waals surface area contributed by atoms with Crippen molar-refractivity contribution < 1.29 is 14.4 Å². The van der Waals surface area contributed by atoms with Gasteiger partial charge in [-0.1, -0.05) is 13.8 Å². The van der Waals surface area contributed by atoms with E-state index in [1.807, 2.05) is 13.8 Å². The van der Waals surface area contributed by atoms with Crippen LogP contribution >= 0.6 is 0 Å². The van der Waals surface area contributed by atoms with Crippen LogP contribution in [0.2, 0.25) is 0 Å². The Morgan fingerprint density at radius 1 is 1.05 bits per heavy atom. The Kier molecular flexibility index (Phi) is 4.68. The topological polar surface area (TPSA) is 88.3 Å². The standard InChI is InChI=1S/C13H17N3O3/c1-12(2)4-10(15-8-18)5-13(3,16-9-19)11(12)6-14-7-17/h10-11H,4-6H2,1-3H3. The van der Waals surface area contributed by atoms with E-state index >= 15 is 0 Å². The quantitative estimate of drug-likeness (QED) is 0.569. The zero-order chi connectivity index (χ0) is 14.5. The molecule has 0 spiro atoms. The van der Waals surface area contributed by atoms with Gasteiger partial charge in [-0.05, 0) is 25.2 Å². The second-order valence-electron chi connectivity index (χ2n) is 5.82. The molecule has 1 fully saturated rings. The monoisotopic (exact) mass is 263 g/mol. The van der Waals surface area contributed by atoms with Gasteiger partial charge in [-0.15, -0.1) is 0 Å². The summed E-state index contributed by atoms with van der Waals surface area (Å²) < 4.78 is 0. The fourth-order valence-electron chi connectivity index (χ4n) is 3.25. The summed E-state index contributed by atoms with van der Waals surface area (Å²) in [6, 6.07) is -0.230. The molecule has 0 radical (unpaired) electrons. The van der Waals surface area contributed by atoms with E-state index in [1.165, 1.54) is 6.08 Å². The highest BCUT2D eigenvalue weighted by atomic mass is 16.1. The van der Waals surface area contributed by atoms with Gasteiger partial charge in [0, 0.05) is 5.92 Å². The molecule has 3 unspecified atom stereocenters. The van der Waals surface area contributed by atoms with Gasteiger partial charge in [-0.2, -0.15) is 4.99 Å². The first-order chi connectivity index (χ1) is 8.89. The Labute approximate surface area is 111 Å². The highest BCUT2D eigenvalue weighted by Crippen LogP contribution is 2.48. The van der Waals surface area contributed by atoms with E-state index < -0.39 is 5.54 Å². The minimum atomic E-state index is -0.741. The Hall–Kier alpha value is -1.86. The van der Waals surface area contributed by atoms with Gasteiger partial charge in [-0.3, -0.25) is 0 Å². The maximum atomic E-state index is 10.7. The molecule has 0 aromatic rings. The van der Waals surface area contributed by atoms with Gasteiger partial charge in [0.15, 0.2) is 0 Å². The summed E-state index contributed by atoms with van der Waals surface area (Å²) in [7, 11) is 0. The Morgan fingerprint density at radius 2 is 1.74 bits per heavy atom. The van der Waals surface area contributed by atoms with E-state index in [2.05, 4.69) is 15.0 Å². The van der Waals surface area contributed by atoms with E-state index in [0.717, 1.165) is 0 Å². The maximum Gasteiger partial charge on any atom is 0.235 e. The number of nitrogens with zero attached hydrogens (tertiary/aromatic N) is 3. The molecule has 0 aliphatic heterocycles. The summed E-state index contributed by atoms with van der Waals surface area (Å²) in [6.45, 7) is 6.03. The highest BCUT2D eigenvalue weighted by Gasteiger charge is 2.50. The third-order valence-electron chi connectivity index (χ3n) is 3.98. The lowest BCUT2D eigenvalue weighted by molar-refractivity contribution is 0.0571. The van der Waals surface area contributed by atoms with Crippen LogP contribution in [-0.4, -0.2) is 36.4 Å². The zero-order valence-corrected chi connectivity index (χ0v) is 11.3. The molecule has 1 aliphatic carbocycles. The average Bonchev–Trinajstić information content (AvgIpc) is 2.27. The molecule has 6 nitrogen and oxygen atoms in total. The molecule has 1 saturated carbocycles. The zero-order valence-electron chi connectivity index (χ0n) is 11.3. The van der Waals surface area contributed by atoms with E-state index in [0.29, 0.717) is 12.8 Å². The predicted octanol–water partition coefficient (Wildman–Crippen LogP) is 1.56. The van der Waals surface area contributed by atoms with Crippen molar-refractivity contribution in [3.63, 3.8) is 0 Å². The van der Waals surface area contributed by atoms with Crippen LogP contribution in [0.3, 0.4) is 0 Å². The first-order valence-corrected chi connectivity index (χ1v) is 6.09. The Bertz CT molecular complexity index is 483. The summed E-state index contributed by atoms with van der Waals surface area (Å²) in [6.07, 6.45) is 5.76. The van der Waals surface area contributed by atoms with Crippen molar-refractivity contribution in [3.05, 3.63) is 0 Å². The lowest BCUT2D eigenvalue weighted by Crippen LogP contribution is -2.51. The first kappa shape index (κ1) is 15.2. The van der Waals surface area contributed by atoms with Crippen molar-refractivity contribution >= 4 is 18.2 Å². The number of hydrogen-bond acceptors (Lipinski definition) is 6. The van der Waals surface area contributed by atoms with E-state index in [9.17, 15) is 14.4 Å². The van der Waals surface area contributed by atoms with Crippen molar-refractivity contribution in [2.75, 3.05) is 6.54 Å². The smallest absolute Gasteiger partial charge is 0.211 e. The number of carbonyl (C=O) groups excluding carboxylic acids is 3. The van der Waals surface area contributed by atoms with Crippen LogP contribution in [0.1, 0.15) is 33.6 Å². The number of hydrogen-bond donors (Lipinski definition) is 0. The van der Waals surface area contributed by atoms with Crippen LogP contribution in [0, 0.1) is 11.3 Å². The normalized spacial score (nSPS) is 32.4. The summed E-state index contributed by atoms with van der Waals surface area (Å²) in [5.74, 6) is -0.110. The van der Waals surface area contributed by atoms with Crippen LogP contribution < -0.4 is 0 Å². The van der Waals surface area contributed by atoms with Crippen LogP contribution in [0.25, 0.3) is 0 Å². The molecule has 0 amide bonds. The van der Waals surface area contributed by atoms with Crippen molar-refractivity contribution in [1.29, 1.82) is 0 Å². The molecule has 0 heterocycles. The van der Waals surface area contributed by atoms with Gasteiger partial charge in [-0.25, -0.2) is 24.4 Å². The molecular formula is C13H17N3O3. The van der Waals surface area contributed by atoms with E-state index in [-0.39, 0.29) is 23.9 Å². The van der Waals surface area contributed by atoms with E-state index in [4.69, 9.17) is 0 Å². The summed E-state index contributed by atoms with van der Waals surface area (Å²) in [4.78, 5) is 42.7. The van der Waals surface area contributed by atoms with Gasteiger partial charge in [0.2, 0.25) is 18.2 Å². The highest BCUT2D eigenvalue weighted by molar-refractivity contribution is 5.37. The lowest BCUT2D eigenvalue weighted by Gasteiger charge is -2.49. The van der Waals surface area contributed by atoms with Gasteiger partial charge >= 0.3 is 0 Å². The van der Waals surface area contributed by atoms with Crippen LogP contribution in [0.5, 0.6) is 0 Å². The minimum absolute atomic E-state index is 0.110. The van der Waals surface area contributed by atoms with Crippen molar-refractivity contribution in [2.45, 2.75) is 45.2 Å². The average molecular weight is 263 g/mol. The molecule has 6 heteroatoms. The predicted molar refractivity (Wildman–Crippen MR) is 67.9 cm³/mol. The Morgan fingerprint density at radius 3 is 2.26 bits per heavy atom. The first-order valence-electron chi connectivity index (χ1n) is 6.09. The van der Waals surface area contributed by atoms with Crippen LogP contribution in [-0.2, 0) is 14.4 Å². The van der Waals surface area contributed by atoms with Gasteiger partial charge in [0.05, 0.1) is 18.1 Å². The van der Waals surface area contributed by atoms with E-state index in [1.54, 1.807) is 19.1 Å². The third kappa shape index (κ3) is 3.33. The number of rotatable bonds is 4. The lowest BCUT2D eigenvalue weighted by atomic mass is 9.59. The fourth-order valence-corrected chi connectivity index (χ4v) is 3.25. The summed E-state index contributed by atoms with van der Waals surface area (Å²) in [5, 5.41) is 0. The summed E-state index contributed by atoms with van der Waals surface area (Å²) >= 11 is 0. The van der Waals surface area contributed by atoms with Crippen molar-refractivity contribution in [1.82, 2.24) is 0 Å². The molecule has 0 saturated heterocycles. The second kappa shape index (κ2) is 5.85. The third-order valence-corrected chi connectivity index (χ3v) is 3.98. The minimum Gasteiger partial charge on any atom is -0.211 e. The molecule has 1 aliphatic rings. The molecule has 0 aromatic heterocycles. The SMILES string of the molecule is CC1(C)CC(N=C=O)CC(C)(N=C=O)C1CN=C=O. The van der Waals surface area contributed by atoms with Gasteiger partial charge in [0.25, 0.3) is 0 Å². The molecule has 102 valence electrons. The molecule has 0 aromatic carbocycles. The molecule has 0 bridgehead atoms. The molecule has 19 heavy (non-hydrogen) atoms. The van der Waals surface area contributed by atoms with Crippen molar-refractivity contribution in [2.24, 2.45) is 26.3 Å². The molecule has 1 rings (SSSR count). The molecule has 3 atom stereocenters. The largest absolute Gasteiger partial charge is 0.235 e.